The van der Waals surface area contributed by atoms with Gasteiger partial charge in [0.15, 0.2) is 0 Å². The van der Waals surface area contributed by atoms with Gasteiger partial charge in [0.1, 0.15) is 11.6 Å². The fraction of sp³-hybridized carbons (Fsp3) is 0.412. The van der Waals surface area contributed by atoms with Crippen LogP contribution in [0.5, 0.6) is 0 Å². The highest BCUT2D eigenvalue weighted by Gasteiger charge is 2.40. The predicted octanol–water partition coefficient (Wildman–Crippen LogP) is 3.19. The Kier molecular flexibility index (Phi) is 3.00. The maximum atomic E-state index is 13.9. The number of rotatable bonds is 2. The minimum absolute atomic E-state index is 0.108. The summed E-state index contributed by atoms with van der Waals surface area (Å²) in [6, 6.07) is 7.91. The Labute approximate surface area is 123 Å². The first-order valence-corrected chi connectivity index (χ1v) is 7.54. The van der Waals surface area contributed by atoms with Crippen molar-refractivity contribution >= 4 is 0 Å². The highest BCUT2D eigenvalue weighted by molar-refractivity contribution is 5.29. The van der Waals surface area contributed by atoms with Gasteiger partial charge in [0.05, 0.1) is 5.69 Å². The summed E-state index contributed by atoms with van der Waals surface area (Å²) in [5.41, 5.74) is 3.22. The average molecular weight is 283 g/mol. The third kappa shape index (κ3) is 2.14. The minimum atomic E-state index is -0.108. The van der Waals surface area contributed by atoms with Gasteiger partial charge >= 0.3 is 0 Å². The lowest BCUT2D eigenvalue weighted by Gasteiger charge is -2.35. The molecule has 108 valence electrons. The third-order valence-corrected chi connectivity index (χ3v) is 4.76. The molecule has 2 aromatic rings. The van der Waals surface area contributed by atoms with E-state index in [0.29, 0.717) is 18.6 Å². The fourth-order valence-corrected chi connectivity index (χ4v) is 3.74. The summed E-state index contributed by atoms with van der Waals surface area (Å²) < 4.78 is 13.9. The first-order valence-electron chi connectivity index (χ1n) is 7.54. The Morgan fingerprint density at radius 3 is 3.00 bits per heavy atom. The van der Waals surface area contributed by atoms with Crippen LogP contribution in [0, 0.1) is 12.7 Å². The van der Waals surface area contributed by atoms with E-state index in [2.05, 4.69) is 14.9 Å². The SMILES string of the molecule is Cc1ncc2c(n1)CC1CCC2N1Cc1ccccc1F. The number of benzene rings is 1. The van der Waals surface area contributed by atoms with Crippen molar-refractivity contribution in [1.29, 1.82) is 0 Å². The first kappa shape index (κ1) is 12.9. The van der Waals surface area contributed by atoms with Gasteiger partial charge in [-0.15, -0.1) is 0 Å². The van der Waals surface area contributed by atoms with E-state index >= 15 is 0 Å². The molecule has 3 heterocycles. The molecular formula is C17H18FN3. The summed E-state index contributed by atoms with van der Waals surface area (Å²) in [7, 11) is 0. The molecule has 2 unspecified atom stereocenters. The third-order valence-electron chi connectivity index (χ3n) is 4.76. The Balaban J connectivity index is 1.67. The van der Waals surface area contributed by atoms with Crippen LogP contribution in [-0.2, 0) is 13.0 Å². The molecule has 4 rings (SSSR count). The topological polar surface area (TPSA) is 29.0 Å². The molecule has 0 amide bonds. The molecule has 2 aliphatic heterocycles. The van der Waals surface area contributed by atoms with Crippen molar-refractivity contribution in [2.75, 3.05) is 0 Å². The number of aryl methyl sites for hydroxylation is 1. The van der Waals surface area contributed by atoms with Crippen LogP contribution in [0.1, 0.15) is 41.5 Å². The van der Waals surface area contributed by atoms with Gasteiger partial charge in [-0.05, 0) is 25.8 Å². The smallest absolute Gasteiger partial charge is 0.127 e. The average Bonchev–Trinajstić information content (AvgIpc) is 2.75. The van der Waals surface area contributed by atoms with Crippen LogP contribution in [0.3, 0.4) is 0 Å². The molecule has 1 fully saturated rings. The molecule has 0 saturated carbocycles. The Bertz CT molecular complexity index is 685. The van der Waals surface area contributed by atoms with Gasteiger partial charge in [-0.2, -0.15) is 0 Å². The van der Waals surface area contributed by atoms with Crippen molar-refractivity contribution in [2.24, 2.45) is 0 Å². The Hall–Kier alpha value is -1.81. The molecule has 1 aromatic heterocycles. The van der Waals surface area contributed by atoms with Gasteiger partial charge in [0.2, 0.25) is 0 Å². The molecule has 0 N–H and O–H groups in total. The number of fused-ring (bicyclic) bond motifs is 4. The van der Waals surface area contributed by atoms with E-state index in [1.165, 1.54) is 11.3 Å². The number of hydrogen-bond acceptors (Lipinski definition) is 3. The second kappa shape index (κ2) is 4.88. The number of halogens is 1. The molecule has 2 bridgehead atoms. The summed E-state index contributed by atoms with van der Waals surface area (Å²) in [5.74, 6) is 0.735. The van der Waals surface area contributed by atoms with Crippen LogP contribution < -0.4 is 0 Å². The van der Waals surface area contributed by atoms with E-state index in [9.17, 15) is 4.39 Å². The number of hydrogen-bond donors (Lipinski definition) is 0. The number of aromatic nitrogens is 2. The van der Waals surface area contributed by atoms with Gasteiger partial charge in [0, 0.05) is 42.4 Å². The zero-order chi connectivity index (χ0) is 14.4. The molecule has 0 radical (unpaired) electrons. The summed E-state index contributed by atoms with van der Waals surface area (Å²) in [4.78, 5) is 11.4. The summed E-state index contributed by atoms with van der Waals surface area (Å²) in [6.07, 6.45) is 5.22. The molecule has 2 aliphatic rings. The first-order chi connectivity index (χ1) is 10.2. The van der Waals surface area contributed by atoms with E-state index in [-0.39, 0.29) is 5.82 Å². The van der Waals surface area contributed by atoms with E-state index in [0.717, 1.165) is 30.7 Å². The van der Waals surface area contributed by atoms with Gasteiger partial charge < -0.3 is 0 Å². The van der Waals surface area contributed by atoms with E-state index in [1.54, 1.807) is 12.1 Å². The van der Waals surface area contributed by atoms with Gasteiger partial charge in [-0.25, -0.2) is 14.4 Å². The Morgan fingerprint density at radius 2 is 2.14 bits per heavy atom. The van der Waals surface area contributed by atoms with Crippen LogP contribution in [0.4, 0.5) is 4.39 Å². The zero-order valence-corrected chi connectivity index (χ0v) is 12.1. The van der Waals surface area contributed by atoms with Crippen LogP contribution in [0.25, 0.3) is 0 Å². The van der Waals surface area contributed by atoms with Crippen molar-refractivity contribution in [1.82, 2.24) is 14.9 Å². The van der Waals surface area contributed by atoms with Crippen molar-refractivity contribution in [3.63, 3.8) is 0 Å². The van der Waals surface area contributed by atoms with E-state index in [4.69, 9.17) is 0 Å². The Morgan fingerprint density at radius 1 is 1.29 bits per heavy atom. The van der Waals surface area contributed by atoms with Gasteiger partial charge in [0.25, 0.3) is 0 Å². The molecule has 4 heteroatoms. The molecule has 0 spiro atoms. The van der Waals surface area contributed by atoms with E-state index < -0.39 is 0 Å². The zero-order valence-electron chi connectivity index (χ0n) is 12.1. The monoisotopic (exact) mass is 283 g/mol. The standard InChI is InChI=1S/C17H18FN3/c1-11-19-9-14-16(20-11)8-13-6-7-17(14)21(13)10-12-4-2-3-5-15(12)18/h2-5,9,13,17H,6-8,10H2,1H3. The van der Waals surface area contributed by atoms with Crippen LogP contribution >= 0.6 is 0 Å². The van der Waals surface area contributed by atoms with Crippen LogP contribution in [0.2, 0.25) is 0 Å². The van der Waals surface area contributed by atoms with Crippen LogP contribution in [0.15, 0.2) is 30.5 Å². The maximum Gasteiger partial charge on any atom is 0.127 e. The lowest BCUT2D eigenvalue weighted by atomic mass is 9.98. The lowest BCUT2D eigenvalue weighted by Crippen LogP contribution is -2.37. The second-order valence-corrected chi connectivity index (χ2v) is 6.03. The maximum absolute atomic E-state index is 13.9. The molecule has 1 saturated heterocycles. The minimum Gasteiger partial charge on any atom is -0.289 e. The largest absolute Gasteiger partial charge is 0.289 e. The molecule has 0 aliphatic carbocycles. The molecule has 3 nitrogen and oxygen atoms in total. The highest BCUT2D eigenvalue weighted by Crippen LogP contribution is 2.43. The summed E-state index contributed by atoms with van der Waals surface area (Å²) in [6.45, 7) is 2.61. The molecular weight excluding hydrogens is 265 g/mol. The highest BCUT2D eigenvalue weighted by atomic mass is 19.1. The van der Waals surface area contributed by atoms with Crippen molar-refractivity contribution in [3.05, 3.63) is 58.9 Å². The van der Waals surface area contributed by atoms with Crippen molar-refractivity contribution < 1.29 is 4.39 Å². The number of nitrogens with zero attached hydrogens (tertiary/aromatic N) is 3. The van der Waals surface area contributed by atoms with Crippen molar-refractivity contribution in [2.45, 2.75) is 44.8 Å². The predicted molar refractivity (Wildman–Crippen MR) is 78.2 cm³/mol. The second-order valence-electron chi connectivity index (χ2n) is 6.03. The van der Waals surface area contributed by atoms with Gasteiger partial charge in [-0.3, -0.25) is 4.90 Å². The summed E-state index contributed by atoms with van der Waals surface area (Å²) in [5, 5.41) is 0. The normalized spacial score (nSPS) is 24.1. The molecule has 21 heavy (non-hydrogen) atoms. The summed E-state index contributed by atoms with van der Waals surface area (Å²) >= 11 is 0. The van der Waals surface area contributed by atoms with E-state index in [1.807, 2.05) is 25.3 Å². The fourth-order valence-electron chi connectivity index (χ4n) is 3.74. The van der Waals surface area contributed by atoms with Crippen LogP contribution in [-0.4, -0.2) is 20.9 Å². The van der Waals surface area contributed by atoms with Gasteiger partial charge in [-0.1, -0.05) is 18.2 Å². The molecule has 1 aromatic carbocycles. The molecule has 2 atom stereocenters. The lowest BCUT2D eigenvalue weighted by molar-refractivity contribution is 0.164. The quantitative estimate of drug-likeness (QED) is 0.847. The van der Waals surface area contributed by atoms with Crippen molar-refractivity contribution in [3.8, 4) is 0 Å².